The Kier molecular flexibility index (Phi) is 5.08. The molecule has 0 aliphatic carbocycles. The summed E-state index contributed by atoms with van der Waals surface area (Å²) in [5.74, 6) is -0.0849. The average Bonchev–Trinajstić information content (AvgIpc) is 3.09. The van der Waals surface area contributed by atoms with Gasteiger partial charge in [0.25, 0.3) is 5.91 Å². The van der Waals surface area contributed by atoms with Gasteiger partial charge in [-0.25, -0.2) is 0 Å². The van der Waals surface area contributed by atoms with Gasteiger partial charge in [-0.05, 0) is 29.1 Å². The molecular formula is C20H20N2O2. The fraction of sp³-hybridized carbons (Fsp3) is 0.150. The van der Waals surface area contributed by atoms with Gasteiger partial charge in [-0.2, -0.15) is 0 Å². The van der Waals surface area contributed by atoms with Crippen molar-refractivity contribution in [2.45, 2.75) is 0 Å². The summed E-state index contributed by atoms with van der Waals surface area (Å²) in [5, 5.41) is 10.3. The topological polar surface area (TPSA) is 56.3 Å². The number of aliphatic hydroxyl groups is 1. The summed E-state index contributed by atoms with van der Waals surface area (Å²) in [5.41, 5.74) is 2.64. The normalized spacial score (nSPS) is 11.2. The summed E-state index contributed by atoms with van der Waals surface area (Å²) in [7, 11) is 0. The first kappa shape index (κ1) is 16.0. The number of aliphatic hydroxyl groups excluding tert-OH is 1. The zero-order valence-corrected chi connectivity index (χ0v) is 13.4. The number of aromatic nitrogens is 1. The van der Waals surface area contributed by atoms with Crippen LogP contribution in [-0.4, -0.2) is 40.6 Å². The lowest BCUT2D eigenvalue weighted by Gasteiger charge is -2.20. The molecule has 1 amide bonds. The molecule has 3 aromatic rings. The summed E-state index contributed by atoms with van der Waals surface area (Å²) in [6.45, 7) is 0.702. The van der Waals surface area contributed by atoms with E-state index in [-0.39, 0.29) is 12.5 Å². The zero-order chi connectivity index (χ0) is 16.8. The summed E-state index contributed by atoms with van der Waals surface area (Å²) < 4.78 is 0. The SMILES string of the molecule is O=C(c1ccc2cc[nH]c2c1)N(C/C=C/c1ccccc1)CCO. The van der Waals surface area contributed by atoms with Gasteiger partial charge in [-0.15, -0.1) is 0 Å². The molecular weight excluding hydrogens is 300 g/mol. The van der Waals surface area contributed by atoms with Crippen LogP contribution in [0, 0.1) is 0 Å². The molecule has 0 bridgehead atoms. The first-order valence-corrected chi connectivity index (χ1v) is 7.97. The van der Waals surface area contributed by atoms with Crippen LogP contribution in [0.15, 0.2) is 66.9 Å². The monoisotopic (exact) mass is 320 g/mol. The lowest BCUT2D eigenvalue weighted by Crippen LogP contribution is -2.33. The molecule has 0 radical (unpaired) electrons. The summed E-state index contributed by atoms with van der Waals surface area (Å²) in [4.78, 5) is 17.5. The van der Waals surface area contributed by atoms with E-state index in [0.717, 1.165) is 16.5 Å². The van der Waals surface area contributed by atoms with Crippen LogP contribution < -0.4 is 0 Å². The quantitative estimate of drug-likeness (QED) is 0.732. The molecule has 1 aromatic heterocycles. The first-order chi connectivity index (χ1) is 11.8. The van der Waals surface area contributed by atoms with Gasteiger partial charge in [0.05, 0.1) is 6.61 Å². The molecule has 24 heavy (non-hydrogen) atoms. The van der Waals surface area contributed by atoms with Gasteiger partial charge in [0, 0.05) is 30.4 Å². The summed E-state index contributed by atoms with van der Waals surface area (Å²) in [6, 6.07) is 17.5. The van der Waals surface area contributed by atoms with Crippen LogP contribution in [0.25, 0.3) is 17.0 Å². The maximum Gasteiger partial charge on any atom is 0.254 e. The van der Waals surface area contributed by atoms with Crippen molar-refractivity contribution in [2.24, 2.45) is 0 Å². The third-order valence-corrected chi connectivity index (χ3v) is 3.89. The third-order valence-electron chi connectivity index (χ3n) is 3.89. The van der Waals surface area contributed by atoms with Crippen LogP contribution in [0.5, 0.6) is 0 Å². The van der Waals surface area contributed by atoms with E-state index < -0.39 is 0 Å². The highest BCUT2D eigenvalue weighted by Gasteiger charge is 2.14. The predicted octanol–water partition coefficient (Wildman–Crippen LogP) is 3.32. The van der Waals surface area contributed by atoms with Crippen molar-refractivity contribution in [3.05, 3.63) is 78.0 Å². The van der Waals surface area contributed by atoms with Gasteiger partial charge < -0.3 is 15.0 Å². The molecule has 2 N–H and O–H groups in total. The molecule has 1 heterocycles. The van der Waals surface area contributed by atoms with Gasteiger partial charge in [-0.3, -0.25) is 4.79 Å². The van der Waals surface area contributed by atoms with Crippen molar-refractivity contribution in [1.29, 1.82) is 0 Å². The number of benzene rings is 2. The van der Waals surface area contributed by atoms with Crippen LogP contribution in [0.2, 0.25) is 0 Å². The van der Waals surface area contributed by atoms with Crippen LogP contribution in [-0.2, 0) is 0 Å². The van der Waals surface area contributed by atoms with Crippen molar-refractivity contribution in [2.75, 3.05) is 19.7 Å². The minimum absolute atomic E-state index is 0.0599. The molecule has 0 saturated heterocycles. The number of aromatic amines is 1. The maximum absolute atomic E-state index is 12.7. The number of H-pyrrole nitrogens is 1. The van der Waals surface area contributed by atoms with E-state index in [4.69, 9.17) is 0 Å². The van der Waals surface area contributed by atoms with E-state index in [9.17, 15) is 9.90 Å². The van der Waals surface area contributed by atoms with Gasteiger partial charge in [0.1, 0.15) is 0 Å². The molecule has 0 aliphatic rings. The van der Waals surface area contributed by atoms with E-state index in [2.05, 4.69) is 4.98 Å². The molecule has 122 valence electrons. The highest BCUT2D eigenvalue weighted by Crippen LogP contribution is 2.15. The van der Waals surface area contributed by atoms with Crippen LogP contribution in [0.3, 0.4) is 0 Å². The number of nitrogens with one attached hydrogen (secondary N) is 1. The number of carbonyl (C=O) groups excluding carboxylic acids is 1. The van der Waals surface area contributed by atoms with Crippen molar-refractivity contribution in [1.82, 2.24) is 9.88 Å². The molecule has 4 heteroatoms. The standard InChI is InChI=1S/C20H20N2O2/c23-14-13-22(12-4-7-16-5-2-1-3-6-16)20(24)18-9-8-17-10-11-21-19(17)15-18/h1-11,15,21,23H,12-14H2/b7-4+. The van der Waals surface area contributed by atoms with Crippen LogP contribution in [0.4, 0.5) is 0 Å². The van der Waals surface area contributed by atoms with E-state index in [1.54, 1.807) is 4.90 Å². The predicted molar refractivity (Wildman–Crippen MR) is 96.8 cm³/mol. The molecule has 4 nitrogen and oxygen atoms in total. The minimum Gasteiger partial charge on any atom is -0.395 e. The Morgan fingerprint density at radius 3 is 2.75 bits per heavy atom. The second-order valence-corrected chi connectivity index (χ2v) is 5.57. The molecule has 0 fully saturated rings. The Bertz CT molecular complexity index is 837. The first-order valence-electron chi connectivity index (χ1n) is 7.97. The van der Waals surface area contributed by atoms with Gasteiger partial charge in [0.2, 0.25) is 0 Å². The van der Waals surface area contributed by atoms with Crippen molar-refractivity contribution < 1.29 is 9.90 Å². The number of fused-ring (bicyclic) bond motifs is 1. The summed E-state index contributed by atoms with van der Waals surface area (Å²) in [6.07, 6.45) is 5.77. The maximum atomic E-state index is 12.7. The van der Waals surface area contributed by atoms with E-state index in [1.807, 2.05) is 72.9 Å². The molecule has 0 aliphatic heterocycles. The third kappa shape index (κ3) is 3.73. The van der Waals surface area contributed by atoms with Crippen molar-refractivity contribution in [3.8, 4) is 0 Å². The van der Waals surface area contributed by atoms with Gasteiger partial charge >= 0.3 is 0 Å². The lowest BCUT2D eigenvalue weighted by atomic mass is 10.1. The fourth-order valence-corrected chi connectivity index (χ4v) is 2.64. The van der Waals surface area contributed by atoms with Crippen LogP contribution in [0.1, 0.15) is 15.9 Å². The minimum atomic E-state index is -0.0849. The number of nitrogens with zero attached hydrogens (tertiary/aromatic N) is 1. The average molecular weight is 320 g/mol. The van der Waals surface area contributed by atoms with Crippen molar-refractivity contribution >= 4 is 22.9 Å². The number of hydrogen-bond donors (Lipinski definition) is 2. The fourth-order valence-electron chi connectivity index (χ4n) is 2.64. The zero-order valence-electron chi connectivity index (χ0n) is 13.4. The van der Waals surface area contributed by atoms with Crippen molar-refractivity contribution in [3.63, 3.8) is 0 Å². The highest BCUT2D eigenvalue weighted by atomic mass is 16.3. The largest absolute Gasteiger partial charge is 0.395 e. The number of hydrogen-bond acceptors (Lipinski definition) is 2. The molecule has 0 spiro atoms. The molecule has 0 unspecified atom stereocenters. The lowest BCUT2D eigenvalue weighted by molar-refractivity contribution is 0.0743. The van der Waals surface area contributed by atoms with E-state index >= 15 is 0 Å². The smallest absolute Gasteiger partial charge is 0.254 e. The summed E-state index contributed by atoms with van der Waals surface area (Å²) >= 11 is 0. The van der Waals surface area contributed by atoms with Gasteiger partial charge in [-0.1, -0.05) is 48.6 Å². The Morgan fingerprint density at radius 2 is 1.96 bits per heavy atom. The van der Waals surface area contributed by atoms with Crippen LogP contribution >= 0.6 is 0 Å². The molecule has 3 rings (SSSR count). The van der Waals surface area contributed by atoms with E-state index in [1.165, 1.54) is 0 Å². The van der Waals surface area contributed by atoms with Gasteiger partial charge in [0.15, 0.2) is 0 Å². The number of amides is 1. The number of rotatable bonds is 6. The molecule has 2 aromatic carbocycles. The van der Waals surface area contributed by atoms with E-state index in [0.29, 0.717) is 18.7 Å². The molecule has 0 atom stereocenters. The Hall–Kier alpha value is -2.85. The highest BCUT2D eigenvalue weighted by molar-refractivity contribution is 5.98. The second-order valence-electron chi connectivity index (χ2n) is 5.57. The Morgan fingerprint density at radius 1 is 1.12 bits per heavy atom. The number of carbonyl (C=O) groups is 1. The Labute approximate surface area is 141 Å². The molecule has 0 saturated carbocycles. The Balaban J connectivity index is 1.74. The second kappa shape index (κ2) is 7.62.